The average Bonchev–Trinajstić information content (AvgIpc) is 3.14. The molecule has 1 aromatic heterocycles. The van der Waals surface area contributed by atoms with Crippen molar-refractivity contribution in [2.45, 2.75) is 32.7 Å². The maximum atomic E-state index is 12.4. The minimum absolute atomic E-state index is 0.207. The highest BCUT2D eigenvalue weighted by Gasteiger charge is 2.50. The van der Waals surface area contributed by atoms with E-state index in [1.807, 2.05) is 12.2 Å². The van der Waals surface area contributed by atoms with Crippen LogP contribution in [0.4, 0.5) is 5.82 Å². The van der Waals surface area contributed by atoms with E-state index in [2.05, 4.69) is 10.5 Å². The molecule has 1 aliphatic carbocycles. The van der Waals surface area contributed by atoms with E-state index < -0.39 is 36.4 Å². The molecule has 9 nitrogen and oxygen atoms in total. The zero-order valence-corrected chi connectivity index (χ0v) is 14.4. The molecule has 0 saturated carbocycles. The Labute approximate surface area is 149 Å². The molecule has 0 aromatic carbocycles. The number of imide groups is 1. The maximum absolute atomic E-state index is 12.4. The number of likely N-dealkylation sites (tertiary alicyclic amines) is 1. The van der Waals surface area contributed by atoms with E-state index in [0.29, 0.717) is 18.6 Å². The molecular weight excluding hydrogens is 342 g/mol. The van der Waals surface area contributed by atoms with E-state index >= 15 is 0 Å². The van der Waals surface area contributed by atoms with Crippen molar-refractivity contribution in [2.75, 3.05) is 11.9 Å². The molecule has 3 rings (SSSR count). The van der Waals surface area contributed by atoms with E-state index in [9.17, 15) is 19.2 Å². The molecule has 26 heavy (non-hydrogen) atoms. The highest BCUT2D eigenvalue weighted by atomic mass is 16.5. The molecule has 0 unspecified atom stereocenters. The second-order valence-electron chi connectivity index (χ2n) is 6.36. The zero-order chi connectivity index (χ0) is 18.8. The Morgan fingerprint density at radius 3 is 2.46 bits per heavy atom. The van der Waals surface area contributed by atoms with Gasteiger partial charge in [0.15, 0.2) is 12.4 Å². The van der Waals surface area contributed by atoms with Crippen LogP contribution in [-0.4, -0.2) is 46.4 Å². The topological polar surface area (TPSA) is 119 Å². The van der Waals surface area contributed by atoms with E-state index in [4.69, 9.17) is 9.26 Å². The molecule has 0 bridgehead atoms. The van der Waals surface area contributed by atoms with Crippen LogP contribution in [0.1, 0.15) is 25.5 Å². The molecule has 2 heterocycles. The number of hydrogen-bond donors (Lipinski definition) is 1. The first-order chi connectivity index (χ1) is 12.4. The number of aromatic nitrogens is 1. The number of carbonyl (C=O) groups is 4. The molecule has 138 valence electrons. The number of carbonyl (C=O) groups excluding carboxylic acids is 4. The van der Waals surface area contributed by atoms with Gasteiger partial charge in [0.05, 0.1) is 11.8 Å². The van der Waals surface area contributed by atoms with E-state index in [-0.39, 0.29) is 17.6 Å². The Kier molecular flexibility index (Phi) is 4.88. The SMILES string of the molecule is Cc1cc(NC(=O)COC(=O)[C@@H](C)N2C(=O)[C@H]3CC=CC[C@H]3C2=O)no1. The first-order valence-corrected chi connectivity index (χ1v) is 8.30. The number of hydrogen-bond acceptors (Lipinski definition) is 7. The van der Waals surface area contributed by atoms with E-state index in [0.717, 1.165) is 4.90 Å². The van der Waals surface area contributed by atoms with Gasteiger partial charge in [-0.15, -0.1) is 0 Å². The van der Waals surface area contributed by atoms with Crippen LogP contribution in [0.3, 0.4) is 0 Å². The Morgan fingerprint density at radius 1 is 1.31 bits per heavy atom. The van der Waals surface area contributed by atoms with Crippen LogP contribution >= 0.6 is 0 Å². The quantitative estimate of drug-likeness (QED) is 0.468. The molecule has 9 heteroatoms. The lowest BCUT2D eigenvalue weighted by Crippen LogP contribution is -2.45. The molecule has 1 aromatic rings. The van der Waals surface area contributed by atoms with Gasteiger partial charge in [0.25, 0.3) is 5.91 Å². The fraction of sp³-hybridized carbons (Fsp3) is 0.471. The average molecular weight is 361 g/mol. The van der Waals surface area contributed by atoms with Gasteiger partial charge in [0.2, 0.25) is 11.8 Å². The summed E-state index contributed by atoms with van der Waals surface area (Å²) in [5, 5.41) is 6.00. The van der Waals surface area contributed by atoms with Crippen LogP contribution in [0.2, 0.25) is 0 Å². The maximum Gasteiger partial charge on any atom is 0.329 e. The fourth-order valence-electron chi connectivity index (χ4n) is 3.17. The summed E-state index contributed by atoms with van der Waals surface area (Å²) >= 11 is 0. The molecule has 0 spiro atoms. The monoisotopic (exact) mass is 361 g/mol. The lowest BCUT2D eigenvalue weighted by Gasteiger charge is -2.21. The van der Waals surface area contributed by atoms with Gasteiger partial charge in [0, 0.05) is 6.07 Å². The Balaban J connectivity index is 1.55. The Hall–Kier alpha value is -2.97. The molecule has 1 fully saturated rings. The van der Waals surface area contributed by atoms with Crippen molar-refractivity contribution in [1.82, 2.24) is 10.1 Å². The summed E-state index contributed by atoms with van der Waals surface area (Å²) in [4.78, 5) is 49.8. The normalized spacial score (nSPS) is 22.9. The summed E-state index contributed by atoms with van der Waals surface area (Å²) in [6.45, 7) is 2.53. The predicted molar refractivity (Wildman–Crippen MR) is 87.5 cm³/mol. The molecule has 1 saturated heterocycles. The van der Waals surface area contributed by atoms with E-state index in [1.165, 1.54) is 13.0 Å². The van der Waals surface area contributed by atoms with Gasteiger partial charge < -0.3 is 14.6 Å². The number of nitrogens with one attached hydrogen (secondary N) is 1. The summed E-state index contributed by atoms with van der Waals surface area (Å²) in [7, 11) is 0. The molecule has 2 aliphatic rings. The van der Waals surface area contributed by atoms with Crippen molar-refractivity contribution < 1.29 is 28.4 Å². The van der Waals surface area contributed by atoms with E-state index in [1.54, 1.807) is 6.92 Å². The number of rotatable bonds is 5. The standard InChI is InChI=1S/C17H19N3O6/c1-9-7-13(19-26-9)18-14(21)8-25-17(24)10(2)20-15(22)11-5-3-4-6-12(11)16(20)23/h3-4,7,10-12H,5-6,8H2,1-2H3,(H,18,19,21)/t10-,11-,12+/m1/s1. The summed E-state index contributed by atoms with van der Waals surface area (Å²) in [5.41, 5.74) is 0. The highest BCUT2D eigenvalue weighted by Crippen LogP contribution is 2.36. The van der Waals surface area contributed by atoms with Crippen molar-refractivity contribution in [3.63, 3.8) is 0 Å². The van der Waals surface area contributed by atoms with Gasteiger partial charge in [-0.05, 0) is 26.7 Å². The molecule has 1 aliphatic heterocycles. The van der Waals surface area contributed by atoms with Crippen LogP contribution in [0.25, 0.3) is 0 Å². The number of allylic oxidation sites excluding steroid dienone is 2. The second kappa shape index (κ2) is 7.11. The zero-order valence-electron chi connectivity index (χ0n) is 14.4. The number of nitrogens with zero attached hydrogens (tertiary/aromatic N) is 2. The van der Waals surface area contributed by atoms with Crippen LogP contribution in [0, 0.1) is 18.8 Å². The summed E-state index contributed by atoms with van der Waals surface area (Å²) < 4.78 is 9.74. The molecular formula is C17H19N3O6. The fourth-order valence-corrected chi connectivity index (χ4v) is 3.17. The lowest BCUT2D eigenvalue weighted by molar-refractivity contribution is -0.159. The molecule has 1 N–H and O–H groups in total. The highest BCUT2D eigenvalue weighted by molar-refractivity contribution is 6.08. The summed E-state index contributed by atoms with van der Waals surface area (Å²) in [6.07, 6.45) is 4.73. The number of anilines is 1. The van der Waals surface area contributed by atoms with Gasteiger partial charge in [-0.2, -0.15) is 0 Å². The predicted octanol–water partition coefficient (Wildman–Crippen LogP) is 0.804. The summed E-state index contributed by atoms with van der Waals surface area (Å²) in [6, 6.07) is 0.433. The first-order valence-electron chi connectivity index (χ1n) is 8.30. The number of aryl methyl sites for hydroxylation is 1. The van der Waals surface area contributed by atoms with Crippen LogP contribution in [0.5, 0.6) is 0 Å². The Morgan fingerprint density at radius 2 is 1.92 bits per heavy atom. The third kappa shape index (κ3) is 3.37. The number of amides is 3. The van der Waals surface area contributed by atoms with Crippen molar-refractivity contribution in [3.05, 3.63) is 24.0 Å². The van der Waals surface area contributed by atoms with Crippen molar-refractivity contribution >= 4 is 29.5 Å². The van der Waals surface area contributed by atoms with Gasteiger partial charge >= 0.3 is 5.97 Å². The number of fused-ring (bicyclic) bond motifs is 1. The molecule has 0 radical (unpaired) electrons. The first kappa shape index (κ1) is 17.8. The van der Waals surface area contributed by atoms with Crippen LogP contribution in [0.15, 0.2) is 22.7 Å². The van der Waals surface area contributed by atoms with Gasteiger partial charge in [0.1, 0.15) is 11.8 Å². The van der Waals surface area contributed by atoms with Crippen LogP contribution in [-0.2, 0) is 23.9 Å². The largest absolute Gasteiger partial charge is 0.454 e. The summed E-state index contributed by atoms with van der Waals surface area (Å²) in [5.74, 6) is -2.25. The second-order valence-corrected chi connectivity index (χ2v) is 6.36. The minimum atomic E-state index is -1.08. The van der Waals surface area contributed by atoms with Gasteiger partial charge in [-0.3, -0.25) is 19.3 Å². The van der Waals surface area contributed by atoms with Gasteiger partial charge in [-0.1, -0.05) is 17.3 Å². The minimum Gasteiger partial charge on any atom is -0.454 e. The van der Waals surface area contributed by atoms with Gasteiger partial charge in [-0.25, -0.2) is 4.79 Å². The third-order valence-electron chi connectivity index (χ3n) is 4.51. The Bertz CT molecular complexity index is 757. The van der Waals surface area contributed by atoms with Crippen molar-refractivity contribution in [2.24, 2.45) is 11.8 Å². The molecule has 3 amide bonds. The lowest BCUT2D eigenvalue weighted by atomic mass is 9.85. The van der Waals surface area contributed by atoms with Crippen molar-refractivity contribution in [1.29, 1.82) is 0 Å². The smallest absolute Gasteiger partial charge is 0.329 e. The molecule has 3 atom stereocenters. The van der Waals surface area contributed by atoms with Crippen molar-refractivity contribution in [3.8, 4) is 0 Å². The van der Waals surface area contributed by atoms with Crippen LogP contribution < -0.4 is 5.32 Å². The number of esters is 1. The third-order valence-corrected chi connectivity index (χ3v) is 4.51. The number of ether oxygens (including phenoxy) is 1.